The number of hydrogen-bond acceptors (Lipinski definition) is 4. The van der Waals surface area contributed by atoms with E-state index in [1.807, 2.05) is 6.07 Å². The molecule has 0 aliphatic carbocycles. The van der Waals surface area contributed by atoms with E-state index < -0.39 is 0 Å². The normalized spacial score (nSPS) is 17.4. The van der Waals surface area contributed by atoms with E-state index in [0.29, 0.717) is 17.0 Å². The van der Waals surface area contributed by atoms with Gasteiger partial charge in [0.15, 0.2) is 5.76 Å². The summed E-state index contributed by atoms with van der Waals surface area (Å²) in [5.74, 6) is 0.207. The Hall–Kier alpha value is -2.01. The van der Waals surface area contributed by atoms with Gasteiger partial charge in [0.25, 0.3) is 5.91 Å². The number of carbonyl (C=O) groups is 1. The average molecular weight is 273 g/mol. The molecule has 5 nitrogen and oxygen atoms in total. The number of nitrogens with zero attached hydrogens (tertiary/aromatic N) is 1. The summed E-state index contributed by atoms with van der Waals surface area (Å²) in [4.78, 5) is 14.5. The highest BCUT2D eigenvalue weighted by atomic mass is 16.3. The van der Waals surface area contributed by atoms with Crippen LogP contribution in [0.4, 0.5) is 5.69 Å². The van der Waals surface area contributed by atoms with Gasteiger partial charge >= 0.3 is 0 Å². The summed E-state index contributed by atoms with van der Waals surface area (Å²) in [6.45, 7) is 2.03. The second kappa shape index (κ2) is 5.17. The van der Waals surface area contributed by atoms with Crippen LogP contribution in [0.2, 0.25) is 0 Å². The smallest absolute Gasteiger partial charge is 0.287 e. The summed E-state index contributed by atoms with van der Waals surface area (Å²) in [7, 11) is 2.10. The maximum atomic E-state index is 12.2. The van der Waals surface area contributed by atoms with Crippen molar-refractivity contribution in [3.8, 4) is 0 Å². The third kappa shape index (κ3) is 2.63. The van der Waals surface area contributed by atoms with Crippen LogP contribution in [0.15, 0.2) is 28.7 Å². The Balaban J connectivity index is 1.72. The van der Waals surface area contributed by atoms with Crippen molar-refractivity contribution in [2.45, 2.75) is 18.9 Å². The van der Waals surface area contributed by atoms with E-state index in [9.17, 15) is 4.79 Å². The third-order valence-corrected chi connectivity index (χ3v) is 3.82. The van der Waals surface area contributed by atoms with Crippen LogP contribution >= 0.6 is 0 Å². The predicted octanol–water partition coefficient (Wildman–Crippen LogP) is 1.84. The van der Waals surface area contributed by atoms with E-state index in [1.54, 1.807) is 18.2 Å². The number of nitrogen functional groups attached to an aromatic ring is 1. The van der Waals surface area contributed by atoms with Gasteiger partial charge in [0.05, 0.1) is 0 Å². The molecule has 1 amide bonds. The molecule has 1 aromatic carbocycles. The molecular formula is C15H19N3O2. The van der Waals surface area contributed by atoms with Gasteiger partial charge in [0.2, 0.25) is 0 Å². The number of rotatable bonds is 2. The van der Waals surface area contributed by atoms with Crippen LogP contribution in [0.3, 0.4) is 0 Å². The van der Waals surface area contributed by atoms with Gasteiger partial charge in [-0.15, -0.1) is 0 Å². The first-order valence-corrected chi connectivity index (χ1v) is 6.90. The van der Waals surface area contributed by atoms with Gasteiger partial charge in [-0.25, -0.2) is 0 Å². The van der Waals surface area contributed by atoms with Crippen molar-refractivity contribution in [3.05, 3.63) is 30.0 Å². The summed E-state index contributed by atoms with van der Waals surface area (Å²) in [5.41, 5.74) is 7.08. The van der Waals surface area contributed by atoms with Crippen molar-refractivity contribution in [1.82, 2.24) is 10.2 Å². The number of fused-ring (bicyclic) bond motifs is 1. The molecule has 1 fully saturated rings. The number of nitrogens with two attached hydrogens (primary N) is 1. The SMILES string of the molecule is CN1CCC(NC(=O)c2cc3cc(N)ccc3o2)CC1. The Morgan fingerprint density at radius 3 is 2.85 bits per heavy atom. The number of anilines is 1. The molecule has 0 radical (unpaired) electrons. The molecular weight excluding hydrogens is 254 g/mol. The molecule has 0 spiro atoms. The lowest BCUT2D eigenvalue weighted by atomic mass is 10.1. The first-order valence-electron chi connectivity index (χ1n) is 6.90. The summed E-state index contributed by atoms with van der Waals surface area (Å²) < 4.78 is 5.57. The van der Waals surface area contributed by atoms with Crippen molar-refractivity contribution in [1.29, 1.82) is 0 Å². The fraction of sp³-hybridized carbons (Fsp3) is 0.400. The standard InChI is InChI=1S/C15H19N3O2/c1-18-6-4-12(5-7-18)17-15(19)14-9-10-8-11(16)2-3-13(10)20-14/h2-3,8-9,12H,4-7,16H2,1H3,(H,17,19). The first kappa shape index (κ1) is 13.0. The molecule has 1 saturated heterocycles. The Morgan fingerprint density at radius 1 is 1.35 bits per heavy atom. The van der Waals surface area contributed by atoms with Crippen molar-refractivity contribution >= 4 is 22.6 Å². The zero-order valence-electron chi connectivity index (χ0n) is 11.6. The van der Waals surface area contributed by atoms with Crippen LogP contribution in [0, 0.1) is 0 Å². The zero-order valence-corrected chi connectivity index (χ0v) is 11.6. The van der Waals surface area contributed by atoms with E-state index >= 15 is 0 Å². The van der Waals surface area contributed by atoms with Gasteiger partial charge in [-0.2, -0.15) is 0 Å². The predicted molar refractivity (Wildman–Crippen MR) is 78.6 cm³/mol. The lowest BCUT2D eigenvalue weighted by molar-refractivity contribution is 0.0891. The summed E-state index contributed by atoms with van der Waals surface area (Å²) in [5, 5.41) is 3.90. The van der Waals surface area contributed by atoms with Gasteiger partial charge in [-0.1, -0.05) is 0 Å². The number of benzene rings is 1. The number of amides is 1. The molecule has 0 saturated carbocycles. The number of nitrogens with one attached hydrogen (secondary N) is 1. The van der Waals surface area contributed by atoms with E-state index in [4.69, 9.17) is 10.2 Å². The van der Waals surface area contributed by atoms with Gasteiger partial charge in [0, 0.05) is 17.1 Å². The molecule has 5 heteroatoms. The quantitative estimate of drug-likeness (QED) is 0.819. The topological polar surface area (TPSA) is 71.5 Å². The number of likely N-dealkylation sites (tertiary alicyclic amines) is 1. The van der Waals surface area contributed by atoms with Crippen molar-refractivity contribution in [2.24, 2.45) is 0 Å². The van der Waals surface area contributed by atoms with Crippen LogP contribution < -0.4 is 11.1 Å². The van der Waals surface area contributed by atoms with Gasteiger partial charge < -0.3 is 20.4 Å². The summed E-state index contributed by atoms with van der Waals surface area (Å²) in [6, 6.07) is 7.35. The molecule has 1 aliphatic heterocycles. The van der Waals surface area contributed by atoms with Crippen LogP contribution in [0.25, 0.3) is 11.0 Å². The molecule has 1 aromatic heterocycles. The van der Waals surface area contributed by atoms with Crippen LogP contribution in [-0.2, 0) is 0 Å². The van der Waals surface area contributed by atoms with Crippen molar-refractivity contribution in [3.63, 3.8) is 0 Å². The minimum atomic E-state index is -0.144. The van der Waals surface area contributed by atoms with E-state index in [1.165, 1.54) is 0 Å². The van der Waals surface area contributed by atoms with Gasteiger partial charge in [-0.3, -0.25) is 4.79 Å². The minimum Gasteiger partial charge on any atom is -0.451 e. The molecule has 3 rings (SSSR count). The van der Waals surface area contributed by atoms with Crippen molar-refractivity contribution < 1.29 is 9.21 Å². The van der Waals surface area contributed by atoms with E-state index in [2.05, 4.69) is 17.3 Å². The lowest BCUT2D eigenvalue weighted by Gasteiger charge is -2.29. The molecule has 2 aromatic rings. The molecule has 0 bridgehead atoms. The Morgan fingerprint density at radius 2 is 2.10 bits per heavy atom. The van der Waals surface area contributed by atoms with Crippen LogP contribution in [0.5, 0.6) is 0 Å². The fourth-order valence-corrected chi connectivity index (χ4v) is 2.58. The number of hydrogen-bond donors (Lipinski definition) is 2. The Labute approximate surface area is 117 Å². The second-order valence-electron chi connectivity index (χ2n) is 5.46. The highest BCUT2D eigenvalue weighted by Crippen LogP contribution is 2.22. The highest BCUT2D eigenvalue weighted by Gasteiger charge is 2.20. The number of carbonyl (C=O) groups excluding carboxylic acids is 1. The Kier molecular flexibility index (Phi) is 3.36. The van der Waals surface area contributed by atoms with Gasteiger partial charge in [0.1, 0.15) is 5.58 Å². The molecule has 20 heavy (non-hydrogen) atoms. The molecule has 3 N–H and O–H groups in total. The van der Waals surface area contributed by atoms with Crippen molar-refractivity contribution in [2.75, 3.05) is 25.9 Å². The zero-order chi connectivity index (χ0) is 14.1. The molecule has 1 aliphatic rings. The van der Waals surface area contributed by atoms with E-state index in [-0.39, 0.29) is 11.9 Å². The molecule has 0 unspecified atom stereocenters. The summed E-state index contributed by atoms with van der Waals surface area (Å²) in [6.07, 6.45) is 1.96. The van der Waals surface area contributed by atoms with E-state index in [0.717, 1.165) is 31.3 Å². The largest absolute Gasteiger partial charge is 0.451 e. The van der Waals surface area contributed by atoms with Crippen LogP contribution in [-0.4, -0.2) is 37.0 Å². The number of piperidine rings is 1. The molecule has 2 heterocycles. The maximum absolute atomic E-state index is 12.2. The molecule has 106 valence electrons. The first-order chi connectivity index (χ1) is 9.61. The monoisotopic (exact) mass is 273 g/mol. The Bertz CT molecular complexity index is 627. The fourth-order valence-electron chi connectivity index (χ4n) is 2.58. The lowest BCUT2D eigenvalue weighted by Crippen LogP contribution is -2.43. The summed E-state index contributed by atoms with van der Waals surface area (Å²) >= 11 is 0. The van der Waals surface area contributed by atoms with Crippen LogP contribution in [0.1, 0.15) is 23.4 Å². The molecule has 0 atom stereocenters. The maximum Gasteiger partial charge on any atom is 0.287 e. The highest BCUT2D eigenvalue weighted by molar-refractivity contribution is 5.96. The van der Waals surface area contributed by atoms with Gasteiger partial charge in [-0.05, 0) is 57.2 Å². The average Bonchev–Trinajstić information content (AvgIpc) is 2.84. The minimum absolute atomic E-state index is 0.144. The third-order valence-electron chi connectivity index (χ3n) is 3.82. The number of furan rings is 1. The second-order valence-corrected chi connectivity index (χ2v) is 5.46.